The van der Waals surface area contributed by atoms with Gasteiger partial charge in [-0.2, -0.15) is 0 Å². The van der Waals surface area contributed by atoms with Gasteiger partial charge in [0.2, 0.25) is 0 Å². The SMILES string of the molecule is Cc1cccnc1CNC(C)c1ccccc1O. The van der Waals surface area contributed by atoms with Gasteiger partial charge in [-0.15, -0.1) is 0 Å². The van der Waals surface area contributed by atoms with E-state index in [1.165, 1.54) is 5.56 Å². The quantitative estimate of drug-likeness (QED) is 0.866. The van der Waals surface area contributed by atoms with Crippen LogP contribution in [0.2, 0.25) is 0 Å². The number of aromatic nitrogens is 1. The van der Waals surface area contributed by atoms with Gasteiger partial charge in [0.1, 0.15) is 5.75 Å². The summed E-state index contributed by atoms with van der Waals surface area (Å²) < 4.78 is 0. The van der Waals surface area contributed by atoms with E-state index in [1.54, 1.807) is 12.3 Å². The fraction of sp³-hybridized carbons (Fsp3) is 0.267. The number of aryl methyl sites for hydroxylation is 1. The molecule has 0 amide bonds. The molecule has 0 saturated carbocycles. The number of nitrogens with zero attached hydrogens (tertiary/aromatic N) is 1. The number of rotatable bonds is 4. The van der Waals surface area contributed by atoms with Crippen LogP contribution in [0.3, 0.4) is 0 Å². The summed E-state index contributed by atoms with van der Waals surface area (Å²) in [6.07, 6.45) is 1.80. The lowest BCUT2D eigenvalue weighted by molar-refractivity contribution is 0.451. The molecule has 3 heteroatoms. The lowest BCUT2D eigenvalue weighted by Crippen LogP contribution is -2.19. The molecule has 0 aliphatic heterocycles. The zero-order valence-corrected chi connectivity index (χ0v) is 10.7. The maximum absolute atomic E-state index is 9.78. The number of hydrogen-bond acceptors (Lipinski definition) is 3. The van der Waals surface area contributed by atoms with Gasteiger partial charge >= 0.3 is 0 Å². The average molecular weight is 242 g/mol. The molecule has 1 aromatic carbocycles. The van der Waals surface area contributed by atoms with Crippen LogP contribution in [0.25, 0.3) is 0 Å². The van der Waals surface area contributed by atoms with Gasteiger partial charge in [-0.3, -0.25) is 4.98 Å². The van der Waals surface area contributed by atoms with E-state index in [1.807, 2.05) is 31.2 Å². The van der Waals surface area contributed by atoms with Crippen LogP contribution < -0.4 is 5.32 Å². The number of phenols is 1. The summed E-state index contributed by atoms with van der Waals surface area (Å²) in [4.78, 5) is 4.34. The first-order chi connectivity index (χ1) is 8.68. The molecule has 0 saturated heterocycles. The second kappa shape index (κ2) is 5.65. The minimum atomic E-state index is 0.0904. The highest BCUT2D eigenvalue weighted by Gasteiger charge is 2.09. The summed E-state index contributed by atoms with van der Waals surface area (Å²) in [5.41, 5.74) is 3.13. The van der Waals surface area contributed by atoms with E-state index in [0.717, 1.165) is 11.3 Å². The van der Waals surface area contributed by atoms with Crippen LogP contribution in [0.5, 0.6) is 5.75 Å². The normalized spacial score (nSPS) is 12.3. The number of phenolic OH excluding ortho intramolecular Hbond substituents is 1. The Kier molecular flexibility index (Phi) is 3.95. The molecule has 2 aromatic rings. The summed E-state index contributed by atoms with van der Waals surface area (Å²) in [7, 11) is 0. The lowest BCUT2D eigenvalue weighted by Gasteiger charge is -2.15. The summed E-state index contributed by atoms with van der Waals surface area (Å²) in [5, 5.41) is 13.2. The molecule has 0 radical (unpaired) electrons. The van der Waals surface area contributed by atoms with Crippen LogP contribution in [-0.2, 0) is 6.54 Å². The molecular weight excluding hydrogens is 224 g/mol. The first-order valence-corrected chi connectivity index (χ1v) is 6.10. The highest BCUT2D eigenvalue weighted by molar-refractivity contribution is 5.34. The molecule has 1 heterocycles. The monoisotopic (exact) mass is 242 g/mol. The third kappa shape index (κ3) is 2.87. The molecule has 18 heavy (non-hydrogen) atoms. The Morgan fingerprint density at radius 3 is 2.72 bits per heavy atom. The molecule has 0 aliphatic rings. The Balaban J connectivity index is 2.03. The zero-order chi connectivity index (χ0) is 13.0. The second-order valence-electron chi connectivity index (χ2n) is 4.43. The summed E-state index contributed by atoms with van der Waals surface area (Å²) in [6.45, 7) is 4.78. The van der Waals surface area contributed by atoms with Gasteiger partial charge in [0.05, 0.1) is 5.69 Å². The van der Waals surface area contributed by atoms with Crippen LogP contribution in [0.15, 0.2) is 42.6 Å². The van der Waals surface area contributed by atoms with Crippen molar-refractivity contribution in [1.29, 1.82) is 0 Å². The first kappa shape index (κ1) is 12.6. The fourth-order valence-electron chi connectivity index (χ4n) is 1.92. The zero-order valence-electron chi connectivity index (χ0n) is 10.7. The molecule has 94 valence electrons. The lowest BCUT2D eigenvalue weighted by atomic mass is 10.1. The largest absolute Gasteiger partial charge is 0.508 e. The van der Waals surface area contributed by atoms with Crippen LogP contribution in [-0.4, -0.2) is 10.1 Å². The Labute approximate surface area is 108 Å². The molecule has 1 aromatic heterocycles. The number of hydrogen-bond donors (Lipinski definition) is 2. The van der Waals surface area contributed by atoms with E-state index >= 15 is 0 Å². The smallest absolute Gasteiger partial charge is 0.120 e. The Morgan fingerprint density at radius 2 is 2.00 bits per heavy atom. The summed E-state index contributed by atoms with van der Waals surface area (Å²) in [6, 6.07) is 11.5. The van der Waals surface area contributed by atoms with Gasteiger partial charge in [0.25, 0.3) is 0 Å². The first-order valence-electron chi connectivity index (χ1n) is 6.10. The standard InChI is InChI=1S/C15H18N2O/c1-11-6-5-9-16-14(11)10-17-12(2)13-7-3-4-8-15(13)18/h3-9,12,17-18H,10H2,1-2H3. The number of aromatic hydroxyl groups is 1. The highest BCUT2D eigenvalue weighted by atomic mass is 16.3. The van der Waals surface area contributed by atoms with Crippen molar-refractivity contribution in [2.75, 3.05) is 0 Å². The molecular formula is C15H18N2O. The second-order valence-corrected chi connectivity index (χ2v) is 4.43. The van der Waals surface area contributed by atoms with Crippen LogP contribution in [0.4, 0.5) is 0 Å². The Bertz CT molecular complexity index is 525. The molecule has 0 fully saturated rings. The van der Waals surface area contributed by atoms with Crippen LogP contribution in [0, 0.1) is 6.92 Å². The minimum Gasteiger partial charge on any atom is -0.508 e. The molecule has 0 spiro atoms. The highest BCUT2D eigenvalue weighted by Crippen LogP contribution is 2.23. The van der Waals surface area contributed by atoms with E-state index < -0.39 is 0 Å². The topological polar surface area (TPSA) is 45.2 Å². The van der Waals surface area contributed by atoms with Crippen molar-refractivity contribution >= 4 is 0 Å². The number of para-hydroxylation sites is 1. The number of pyridine rings is 1. The van der Waals surface area contributed by atoms with Gasteiger partial charge < -0.3 is 10.4 Å². The molecule has 3 nitrogen and oxygen atoms in total. The molecule has 1 atom stereocenters. The molecule has 0 bridgehead atoms. The number of nitrogens with one attached hydrogen (secondary N) is 1. The third-order valence-electron chi connectivity index (χ3n) is 3.10. The van der Waals surface area contributed by atoms with Crippen molar-refractivity contribution in [3.05, 3.63) is 59.4 Å². The van der Waals surface area contributed by atoms with Crippen molar-refractivity contribution in [3.63, 3.8) is 0 Å². The van der Waals surface area contributed by atoms with Gasteiger partial charge in [0, 0.05) is 24.3 Å². The maximum atomic E-state index is 9.78. The minimum absolute atomic E-state index is 0.0904. The Morgan fingerprint density at radius 1 is 1.22 bits per heavy atom. The van der Waals surface area contributed by atoms with Crippen molar-refractivity contribution in [3.8, 4) is 5.75 Å². The molecule has 1 unspecified atom stereocenters. The van der Waals surface area contributed by atoms with Crippen molar-refractivity contribution < 1.29 is 5.11 Å². The van der Waals surface area contributed by atoms with Crippen LogP contribution >= 0.6 is 0 Å². The van der Waals surface area contributed by atoms with E-state index in [9.17, 15) is 5.11 Å². The summed E-state index contributed by atoms with van der Waals surface area (Å²) in [5.74, 6) is 0.329. The van der Waals surface area contributed by atoms with Gasteiger partial charge in [-0.05, 0) is 31.5 Å². The predicted octanol–water partition coefficient (Wildman–Crippen LogP) is 2.95. The predicted molar refractivity (Wildman–Crippen MR) is 72.3 cm³/mol. The van der Waals surface area contributed by atoms with Crippen molar-refractivity contribution in [2.24, 2.45) is 0 Å². The van der Waals surface area contributed by atoms with E-state index in [4.69, 9.17) is 0 Å². The third-order valence-corrected chi connectivity index (χ3v) is 3.10. The van der Waals surface area contributed by atoms with Crippen LogP contribution in [0.1, 0.15) is 29.8 Å². The fourth-order valence-corrected chi connectivity index (χ4v) is 1.92. The van der Waals surface area contributed by atoms with Crippen molar-refractivity contribution in [2.45, 2.75) is 26.4 Å². The molecule has 0 aliphatic carbocycles. The Hall–Kier alpha value is -1.87. The van der Waals surface area contributed by atoms with Gasteiger partial charge in [-0.1, -0.05) is 24.3 Å². The van der Waals surface area contributed by atoms with Gasteiger partial charge in [0.15, 0.2) is 0 Å². The van der Waals surface area contributed by atoms with E-state index in [0.29, 0.717) is 12.3 Å². The molecule has 2 rings (SSSR count). The average Bonchev–Trinajstić information content (AvgIpc) is 2.38. The van der Waals surface area contributed by atoms with Gasteiger partial charge in [-0.25, -0.2) is 0 Å². The maximum Gasteiger partial charge on any atom is 0.120 e. The summed E-state index contributed by atoms with van der Waals surface area (Å²) >= 11 is 0. The van der Waals surface area contributed by atoms with E-state index in [2.05, 4.69) is 23.3 Å². The van der Waals surface area contributed by atoms with Crippen molar-refractivity contribution in [1.82, 2.24) is 10.3 Å². The molecule has 2 N–H and O–H groups in total. The number of benzene rings is 1. The van der Waals surface area contributed by atoms with E-state index in [-0.39, 0.29) is 6.04 Å².